The van der Waals surface area contributed by atoms with E-state index >= 15 is 0 Å². The lowest BCUT2D eigenvalue weighted by Gasteiger charge is -1.81. The van der Waals surface area contributed by atoms with Crippen molar-refractivity contribution < 1.29 is 0 Å². The molecule has 1 nitrogen and oxygen atoms in total. The van der Waals surface area contributed by atoms with Crippen LogP contribution in [0.15, 0.2) is 23.9 Å². The quantitative estimate of drug-likeness (QED) is 0.538. The van der Waals surface area contributed by atoms with E-state index in [1.54, 1.807) is 0 Å². The van der Waals surface area contributed by atoms with Crippen molar-refractivity contribution in [3.63, 3.8) is 0 Å². The van der Waals surface area contributed by atoms with Gasteiger partial charge in [-0.15, -0.1) is 0 Å². The molecule has 0 rings (SSSR count). The second-order valence-corrected chi connectivity index (χ2v) is 1.39. The van der Waals surface area contributed by atoms with E-state index in [-0.39, 0.29) is 0 Å². The normalized spacial score (nSPS) is 10.9. The molecule has 0 fully saturated rings. The van der Waals surface area contributed by atoms with Gasteiger partial charge in [0.25, 0.3) is 0 Å². The van der Waals surface area contributed by atoms with Crippen molar-refractivity contribution in [2.75, 3.05) is 0 Å². The van der Waals surface area contributed by atoms with Crippen LogP contribution in [0.2, 0.25) is 0 Å². The Balaban J connectivity index is 0. The van der Waals surface area contributed by atoms with E-state index in [4.69, 9.17) is 5.73 Å². The van der Waals surface area contributed by atoms with Gasteiger partial charge >= 0.3 is 0 Å². The van der Waals surface area contributed by atoms with Gasteiger partial charge in [-0.25, -0.2) is 0 Å². The van der Waals surface area contributed by atoms with Gasteiger partial charge in [0.1, 0.15) is 0 Å². The predicted octanol–water partition coefficient (Wildman–Crippen LogP) is 2.45. The van der Waals surface area contributed by atoms with Crippen LogP contribution in [0.25, 0.3) is 0 Å². The second kappa shape index (κ2) is 10.3. The molecule has 0 spiro atoms. The van der Waals surface area contributed by atoms with Gasteiger partial charge in [0.05, 0.1) is 0 Å². The smallest absolute Gasteiger partial charge is 0.00598 e. The molecule has 0 amide bonds. The Morgan fingerprint density at radius 3 is 1.89 bits per heavy atom. The van der Waals surface area contributed by atoms with Gasteiger partial charge in [-0.1, -0.05) is 25.5 Å². The summed E-state index contributed by atoms with van der Waals surface area (Å²) < 4.78 is 0. The van der Waals surface area contributed by atoms with Crippen LogP contribution in [0.5, 0.6) is 0 Å². The van der Waals surface area contributed by atoms with Crippen molar-refractivity contribution in [3.8, 4) is 0 Å². The Morgan fingerprint density at radius 1 is 1.33 bits per heavy atom. The first-order valence-corrected chi connectivity index (χ1v) is 3.32. The lowest BCUT2D eigenvalue weighted by atomic mass is 10.3. The highest BCUT2D eigenvalue weighted by atomic mass is 14.5. The van der Waals surface area contributed by atoms with Crippen LogP contribution in [0.3, 0.4) is 0 Å². The number of hydrogen-bond donors (Lipinski definition) is 1. The highest BCUT2D eigenvalue weighted by Crippen LogP contribution is 1.89. The van der Waals surface area contributed by atoms with E-state index < -0.39 is 0 Å². The van der Waals surface area contributed by atoms with Gasteiger partial charge in [-0.3, -0.25) is 0 Å². The minimum absolute atomic E-state index is 1.20. The third-order valence-corrected chi connectivity index (χ3v) is 0.814. The summed E-state index contributed by atoms with van der Waals surface area (Å²) in [4.78, 5) is 0. The summed E-state index contributed by atoms with van der Waals surface area (Å²) in [5.74, 6) is 0. The fourth-order valence-electron chi connectivity index (χ4n) is 0.248. The summed E-state index contributed by atoms with van der Waals surface area (Å²) in [5, 5.41) is 0. The van der Waals surface area contributed by atoms with Gasteiger partial charge in [-0.2, -0.15) is 0 Å². The van der Waals surface area contributed by atoms with Gasteiger partial charge < -0.3 is 5.73 Å². The van der Waals surface area contributed by atoms with Gasteiger partial charge in [0, 0.05) is 0 Å². The maximum atomic E-state index is 5.08. The van der Waals surface area contributed by atoms with E-state index in [2.05, 4.69) is 0 Å². The molecular weight excluding hydrogens is 110 g/mol. The Labute approximate surface area is 58.3 Å². The molecule has 0 bridgehead atoms. The average molecular weight is 127 g/mol. The topological polar surface area (TPSA) is 26.0 Å². The molecule has 0 atom stereocenters. The number of nitrogens with two attached hydrogens (primary N) is 1. The van der Waals surface area contributed by atoms with E-state index in [0.29, 0.717) is 0 Å². The van der Waals surface area contributed by atoms with Crippen LogP contribution in [-0.2, 0) is 0 Å². The summed E-state index contributed by atoms with van der Waals surface area (Å²) in [6.07, 6.45) is 5.40. The zero-order valence-corrected chi connectivity index (χ0v) is 6.81. The van der Waals surface area contributed by atoms with Gasteiger partial charge in [0.15, 0.2) is 0 Å². The minimum atomic E-state index is 1.20. The van der Waals surface area contributed by atoms with E-state index in [1.807, 2.05) is 39.8 Å². The summed E-state index contributed by atoms with van der Waals surface area (Å²) in [6, 6.07) is 0. The Kier molecular flexibility index (Phi) is 12.7. The summed E-state index contributed by atoms with van der Waals surface area (Å²) in [7, 11) is 0. The molecule has 2 N–H and O–H groups in total. The van der Waals surface area contributed by atoms with E-state index in [9.17, 15) is 0 Å². The monoisotopic (exact) mass is 127 g/mol. The lowest BCUT2D eigenvalue weighted by molar-refractivity contribution is 1.45. The average Bonchev–Trinajstić information content (AvgIpc) is 1.93. The first-order valence-electron chi connectivity index (χ1n) is 3.32. The Morgan fingerprint density at radius 2 is 1.78 bits per heavy atom. The standard InChI is InChI=1S/C6H11N.C2H6/c1-3-6(2)4-5-7;1-2/h3-5H,7H2,1-2H3;1-2H3/b5-4-,6-3-;. The number of rotatable bonds is 1. The molecule has 0 radical (unpaired) electrons. The molecular formula is C8H17N. The van der Waals surface area contributed by atoms with Crippen LogP contribution in [0, 0.1) is 0 Å². The molecule has 0 aromatic carbocycles. The molecule has 9 heavy (non-hydrogen) atoms. The molecule has 0 aliphatic carbocycles. The van der Waals surface area contributed by atoms with Crippen molar-refractivity contribution in [1.82, 2.24) is 0 Å². The summed E-state index contributed by atoms with van der Waals surface area (Å²) in [5.41, 5.74) is 6.28. The van der Waals surface area contributed by atoms with E-state index in [0.717, 1.165) is 0 Å². The fourth-order valence-corrected chi connectivity index (χ4v) is 0.248. The van der Waals surface area contributed by atoms with Crippen LogP contribution in [0.4, 0.5) is 0 Å². The van der Waals surface area contributed by atoms with Crippen molar-refractivity contribution in [1.29, 1.82) is 0 Å². The van der Waals surface area contributed by atoms with E-state index in [1.165, 1.54) is 11.8 Å². The van der Waals surface area contributed by atoms with Crippen LogP contribution < -0.4 is 5.73 Å². The maximum absolute atomic E-state index is 5.08. The SMILES string of the molecule is C/C=C(C)\C=C/N.CC. The molecule has 0 saturated heterocycles. The molecule has 0 aromatic rings. The molecule has 0 aliphatic heterocycles. The number of hydrogen-bond acceptors (Lipinski definition) is 1. The van der Waals surface area contributed by atoms with Gasteiger partial charge in [0.2, 0.25) is 0 Å². The first kappa shape index (κ1) is 11.1. The molecule has 0 unspecified atom stereocenters. The molecule has 0 heterocycles. The zero-order valence-electron chi connectivity index (χ0n) is 6.81. The number of allylic oxidation sites excluding steroid dienone is 3. The molecule has 0 saturated carbocycles. The van der Waals surface area contributed by atoms with Crippen LogP contribution in [0.1, 0.15) is 27.7 Å². The van der Waals surface area contributed by atoms with Crippen molar-refractivity contribution in [3.05, 3.63) is 23.9 Å². The van der Waals surface area contributed by atoms with Crippen molar-refractivity contribution in [2.45, 2.75) is 27.7 Å². The summed E-state index contributed by atoms with van der Waals surface area (Å²) in [6.45, 7) is 7.98. The second-order valence-electron chi connectivity index (χ2n) is 1.39. The molecule has 0 aliphatic rings. The largest absolute Gasteiger partial charge is 0.405 e. The third-order valence-electron chi connectivity index (χ3n) is 0.814. The highest BCUT2D eigenvalue weighted by molar-refractivity contribution is 5.13. The molecule has 1 heteroatoms. The zero-order chi connectivity index (χ0) is 7.70. The highest BCUT2D eigenvalue weighted by Gasteiger charge is 1.70. The molecule has 54 valence electrons. The van der Waals surface area contributed by atoms with Crippen molar-refractivity contribution >= 4 is 0 Å². The van der Waals surface area contributed by atoms with Crippen LogP contribution >= 0.6 is 0 Å². The maximum Gasteiger partial charge on any atom is -0.00598 e. The van der Waals surface area contributed by atoms with Crippen LogP contribution in [-0.4, -0.2) is 0 Å². The Hall–Kier alpha value is -0.720. The minimum Gasteiger partial charge on any atom is -0.405 e. The molecule has 0 aromatic heterocycles. The predicted molar refractivity (Wildman–Crippen MR) is 44.1 cm³/mol. The first-order chi connectivity index (χ1) is 4.31. The van der Waals surface area contributed by atoms with Crippen molar-refractivity contribution in [2.24, 2.45) is 5.73 Å². The third kappa shape index (κ3) is 11.1. The van der Waals surface area contributed by atoms with Gasteiger partial charge in [-0.05, 0) is 26.1 Å². The Bertz CT molecular complexity index is 90.7. The lowest BCUT2D eigenvalue weighted by Crippen LogP contribution is -1.75. The summed E-state index contributed by atoms with van der Waals surface area (Å²) >= 11 is 0. The fraction of sp³-hybridized carbons (Fsp3) is 0.500.